The second kappa shape index (κ2) is 7.18. The summed E-state index contributed by atoms with van der Waals surface area (Å²) in [5, 5.41) is 7.64. The molecule has 1 aliphatic heterocycles. The van der Waals surface area contributed by atoms with Gasteiger partial charge < -0.3 is 15.0 Å². The molecule has 3 heterocycles. The second-order valence-electron chi connectivity index (χ2n) is 6.87. The van der Waals surface area contributed by atoms with E-state index in [0.717, 1.165) is 58.6 Å². The van der Waals surface area contributed by atoms with E-state index in [0.29, 0.717) is 0 Å². The third-order valence-corrected chi connectivity index (χ3v) is 6.29. The Morgan fingerprint density at radius 1 is 1.24 bits per heavy atom. The largest absolute Gasteiger partial charge is 0.496 e. The highest BCUT2D eigenvalue weighted by molar-refractivity contribution is 7.17. The predicted octanol–water partition coefficient (Wildman–Crippen LogP) is 4.07. The molecule has 0 aliphatic carbocycles. The van der Waals surface area contributed by atoms with Crippen molar-refractivity contribution >= 4 is 32.3 Å². The topological polar surface area (TPSA) is 54.1 Å². The van der Waals surface area contributed by atoms with E-state index in [4.69, 9.17) is 4.74 Å². The van der Waals surface area contributed by atoms with Gasteiger partial charge in [0.2, 0.25) is 0 Å². The Morgan fingerprint density at radius 3 is 2.88 bits per heavy atom. The van der Waals surface area contributed by atoms with Crippen LogP contribution in [0.3, 0.4) is 0 Å². The van der Waals surface area contributed by atoms with E-state index in [2.05, 4.69) is 16.4 Å². The van der Waals surface area contributed by atoms with E-state index in [-0.39, 0.29) is 5.56 Å². The average molecular weight is 356 g/mol. The van der Waals surface area contributed by atoms with Gasteiger partial charge in [-0.25, -0.2) is 0 Å². The zero-order valence-electron chi connectivity index (χ0n) is 14.6. The zero-order chi connectivity index (χ0) is 17.2. The van der Waals surface area contributed by atoms with Crippen LogP contribution < -0.4 is 15.6 Å². The molecule has 0 atom stereocenters. The van der Waals surface area contributed by atoms with Crippen LogP contribution in [-0.2, 0) is 6.42 Å². The van der Waals surface area contributed by atoms with E-state index in [9.17, 15) is 4.79 Å². The van der Waals surface area contributed by atoms with Crippen molar-refractivity contribution in [1.82, 2.24) is 10.3 Å². The van der Waals surface area contributed by atoms with Crippen molar-refractivity contribution in [2.45, 2.75) is 32.1 Å². The number of rotatable bonds is 5. The fourth-order valence-electron chi connectivity index (χ4n) is 4.08. The highest BCUT2D eigenvalue weighted by Gasteiger charge is 2.16. The molecule has 1 aliphatic rings. The van der Waals surface area contributed by atoms with Gasteiger partial charge in [0.1, 0.15) is 10.4 Å². The van der Waals surface area contributed by atoms with Gasteiger partial charge in [0.15, 0.2) is 0 Å². The van der Waals surface area contributed by atoms with Gasteiger partial charge in [-0.1, -0.05) is 6.42 Å². The maximum Gasteiger partial charge on any atom is 0.266 e. The maximum absolute atomic E-state index is 12.3. The van der Waals surface area contributed by atoms with Gasteiger partial charge in [0.05, 0.1) is 7.11 Å². The van der Waals surface area contributed by atoms with Gasteiger partial charge in [-0.05, 0) is 68.3 Å². The minimum atomic E-state index is 0.00308. The quantitative estimate of drug-likeness (QED) is 0.724. The van der Waals surface area contributed by atoms with E-state index in [1.165, 1.54) is 36.2 Å². The summed E-state index contributed by atoms with van der Waals surface area (Å²) in [6.07, 6.45) is 5.98. The van der Waals surface area contributed by atoms with Gasteiger partial charge in [-0.3, -0.25) is 4.79 Å². The first-order chi connectivity index (χ1) is 12.3. The fraction of sp³-hybridized carbons (Fsp3) is 0.450. The summed E-state index contributed by atoms with van der Waals surface area (Å²) in [5.74, 6) is 1.76. The third kappa shape index (κ3) is 3.18. The number of ether oxygens (including phenoxy) is 1. The lowest BCUT2D eigenvalue weighted by Crippen LogP contribution is -2.27. The normalized spacial score (nSPS) is 15.9. The number of aryl methyl sites for hydroxylation is 1. The van der Waals surface area contributed by atoms with Crippen LogP contribution in [0.4, 0.5) is 0 Å². The summed E-state index contributed by atoms with van der Waals surface area (Å²) in [7, 11) is 1.73. The van der Waals surface area contributed by atoms with Crippen LogP contribution in [0.2, 0.25) is 0 Å². The molecule has 2 N–H and O–H groups in total. The number of piperidine rings is 1. The molecule has 1 saturated heterocycles. The molecule has 0 bridgehead atoms. The lowest BCUT2D eigenvalue weighted by atomic mass is 9.90. The molecule has 0 radical (unpaired) electrons. The highest BCUT2D eigenvalue weighted by Crippen LogP contribution is 2.34. The number of aromatic nitrogens is 1. The van der Waals surface area contributed by atoms with Crippen molar-refractivity contribution in [1.29, 1.82) is 0 Å². The number of H-pyrrole nitrogens is 1. The minimum absolute atomic E-state index is 0.00308. The van der Waals surface area contributed by atoms with E-state index < -0.39 is 0 Å². The van der Waals surface area contributed by atoms with Crippen molar-refractivity contribution < 1.29 is 4.74 Å². The molecular weight excluding hydrogens is 332 g/mol. The molecule has 5 heteroatoms. The molecule has 4 nitrogen and oxygen atoms in total. The number of pyridine rings is 1. The first-order valence-electron chi connectivity index (χ1n) is 9.07. The zero-order valence-corrected chi connectivity index (χ0v) is 15.4. The highest BCUT2D eigenvalue weighted by atomic mass is 32.1. The Bertz CT molecular complexity index is 938. The van der Waals surface area contributed by atoms with E-state index >= 15 is 0 Å². The summed E-state index contributed by atoms with van der Waals surface area (Å²) in [5.41, 5.74) is 2.14. The number of benzene rings is 1. The Kier molecular flexibility index (Phi) is 4.77. The first kappa shape index (κ1) is 16.6. The monoisotopic (exact) mass is 356 g/mol. The van der Waals surface area contributed by atoms with Crippen LogP contribution >= 0.6 is 11.3 Å². The summed E-state index contributed by atoms with van der Waals surface area (Å²) < 4.78 is 6.46. The van der Waals surface area contributed by atoms with E-state index in [1.54, 1.807) is 7.11 Å². The number of hydrogen-bond acceptors (Lipinski definition) is 4. The van der Waals surface area contributed by atoms with Crippen molar-refractivity contribution in [2.75, 3.05) is 20.2 Å². The molecule has 0 unspecified atom stereocenters. The maximum atomic E-state index is 12.3. The van der Waals surface area contributed by atoms with Crippen LogP contribution in [0.5, 0.6) is 5.75 Å². The van der Waals surface area contributed by atoms with Crippen molar-refractivity contribution in [3.63, 3.8) is 0 Å². The standard InChI is InChI=1S/C20H24N2O2S/c1-24-17-6-5-16-18(15-9-12-25-19(15)20(23)22-16)14(17)4-2-3-13-7-10-21-11-8-13/h5-6,9,12-13,21H,2-4,7-8,10-11H2,1H3,(H,22,23). The lowest BCUT2D eigenvalue weighted by Gasteiger charge is -2.22. The van der Waals surface area contributed by atoms with Crippen LogP contribution in [0, 0.1) is 5.92 Å². The number of fused-ring (bicyclic) bond motifs is 3. The molecular formula is C20H24N2O2S. The summed E-state index contributed by atoms with van der Waals surface area (Å²) in [4.78, 5) is 15.3. The Morgan fingerprint density at radius 2 is 2.08 bits per heavy atom. The third-order valence-electron chi connectivity index (χ3n) is 5.38. The smallest absolute Gasteiger partial charge is 0.266 e. The van der Waals surface area contributed by atoms with Crippen LogP contribution in [0.1, 0.15) is 31.2 Å². The SMILES string of the molecule is COc1ccc2[nH]c(=O)c3sccc3c2c1CCCC1CCNCC1. The molecule has 2 aromatic heterocycles. The van der Waals surface area contributed by atoms with Crippen molar-refractivity contribution in [3.8, 4) is 5.75 Å². The molecule has 25 heavy (non-hydrogen) atoms. The van der Waals surface area contributed by atoms with Gasteiger partial charge in [0.25, 0.3) is 5.56 Å². The Balaban J connectivity index is 1.70. The molecule has 1 fully saturated rings. The molecule has 0 amide bonds. The minimum Gasteiger partial charge on any atom is -0.496 e. The number of hydrogen-bond donors (Lipinski definition) is 2. The number of thiophene rings is 1. The first-order valence-corrected chi connectivity index (χ1v) is 9.95. The molecule has 3 aromatic rings. The van der Waals surface area contributed by atoms with Crippen LogP contribution in [0.25, 0.3) is 21.0 Å². The van der Waals surface area contributed by atoms with Gasteiger partial charge in [-0.15, -0.1) is 11.3 Å². The van der Waals surface area contributed by atoms with Crippen LogP contribution in [-0.4, -0.2) is 25.2 Å². The molecule has 132 valence electrons. The molecule has 4 rings (SSSR count). The van der Waals surface area contributed by atoms with Crippen molar-refractivity contribution in [3.05, 3.63) is 39.5 Å². The number of aromatic amines is 1. The molecule has 1 aromatic carbocycles. The van der Waals surface area contributed by atoms with Crippen molar-refractivity contribution in [2.24, 2.45) is 5.92 Å². The van der Waals surface area contributed by atoms with Crippen LogP contribution in [0.15, 0.2) is 28.4 Å². The lowest BCUT2D eigenvalue weighted by molar-refractivity contribution is 0.346. The molecule has 0 saturated carbocycles. The van der Waals surface area contributed by atoms with E-state index in [1.807, 2.05) is 17.5 Å². The Hall–Kier alpha value is -1.85. The van der Waals surface area contributed by atoms with Gasteiger partial charge in [0, 0.05) is 21.9 Å². The summed E-state index contributed by atoms with van der Waals surface area (Å²) >= 11 is 1.51. The molecule has 0 spiro atoms. The number of methoxy groups -OCH3 is 1. The van der Waals surface area contributed by atoms with Gasteiger partial charge in [-0.2, -0.15) is 0 Å². The Labute approximate surface area is 151 Å². The fourth-order valence-corrected chi connectivity index (χ4v) is 4.87. The average Bonchev–Trinajstić information content (AvgIpc) is 3.13. The summed E-state index contributed by atoms with van der Waals surface area (Å²) in [6, 6.07) is 6.01. The second-order valence-corrected chi connectivity index (χ2v) is 7.79. The van der Waals surface area contributed by atoms with Gasteiger partial charge >= 0.3 is 0 Å². The number of nitrogens with one attached hydrogen (secondary N) is 2. The summed E-state index contributed by atoms with van der Waals surface area (Å²) in [6.45, 7) is 2.30. The predicted molar refractivity (Wildman–Crippen MR) is 105 cm³/mol.